The van der Waals surface area contributed by atoms with Gasteiger partial charge in [0.05, 0.1) is 11.0 Å². The van der Waals surface area contributed by atoms with Gasteiger partial charge in [-0.2, -0.15) is 0 Å². The summed E-state index contributed by atoms with van der Waals surface area (Å²) < 4.78 is 10.9. The van der Waals surface area contributed by atoms with Crippen molar-refractivity contribution in [3.63, 3.8) is 0 Å². The molecule has 0 aromatic carbocycles. The molecule has 0 spiro atoms. The molecule has 0 aromatic rings. The molecular formula is C10H21NOS. The molecule has 0 radical (unpaired) electrons. The summed E-state index contributed by atoms with van der Waals surface area (Å²) in [5.74, 6) is 2.88. The van der Waals surface area contributed by atoms with Crippen LogP contribution in [0.2, 0.25) is 0 Å². The van der Waals surface area contributed by atoms with Gasteiger partial charge in [0, 0.05) is 5.75 Å². The van der Waals surface area contributed by atoms with Gasteiger partial charge in [-0.25, -0.2) is 4.21 Å². The van der Waals surface area contributed by atoms with Crippen LogP contribution in [0.4, 0.5) is 0 Å². The van der Waals surface area contributed by atoms with Crippen LogP contribution in [0.25, 0.3) is 0 Å². The molecule has 2 atom stereocenters. The maximum atomic E-state index is 10.9. The molecule has 1 rings (SSSR count). The van der Waals surface area contributed by atoms with Crippen molar-refractivity contribution in [2.75, 3.05) is 5.75 Å². The zero-order valence-electron chi connectivity index (χ0n) is 8.66. The smallest absolute Gasteiger partial charge is 0.0890 e. The highest BCUT2D eigenvalue weighted by Gasteiger charge is 2.23. The molecule has 1 fully saturated rings. The van der Waals surface area contributed by atoms with Crippen molar-refractivity contribution in [2.24, 2.45) is 22.9 Å². The molecular weight excluding hydrogens is 182 g/mol. The van der Waals surface area contributed by atoms with Crippen LogP contribution >= 0.6 is 0 Å². The van der Waals surface area contributed by atoms with E-state index < -0.39 is 11.0 Å². The minimum Gasteiger partial charge on any atom is -0.252 e. The number of rotatable bonds is 3. The topological polar surface area (TPSA) is 43.1 Å². The second kappa shape index (κ2) is 5.11. The summed E-state index contributed by atoms with van der Waals surface area (Å²) in [6, 6.07) is 0. The molecule has 78 valence electrons. The Morgan fingerprint density at radius 2 is 1.92 bits per heavy atom. The molecule has 0 aromatic heterocycles. The number of hydrogen-bond acceptors (Lipinski definition) is 1. The third-order valence-corrected chi connectivity index (χ3v) is 4.15. The lowest BCUT2D eigenvalue weighted by Crippen LogP contribution is -2.25. The monoisotopic (exact) mass is 203 g/mol. The first kappa shape index (κ1) is 11.2. The highest BCUT2D eigenvalue weighted by atomic mass is 32.2. The van der Waals surface area contributed by atoms with Crippen LogP contribution in [-0.4, -0.2) is 9.96 Å². The van der Waals surface area contributed by atoms with Crippen LogP contribution in [-0.2, 0) is 11.0 Å². The van der Waals surface area contributed by atoms with E-state index in [0.29, 0.717) is 11.7 Å². The van der Waals surface area contributed by atoms with Gasteiger partial charge in [0.2, 0.25) is 0 Å². The lowest BCUT2D eigenvalue weighted by atomic mass is 9.78. The molecule has 0 aliphatic heterocycles. The minimum absolute atomic E-state index is 0.540. The molecule has 13 heavy (non-hydrogen) atoms. The van der Waals surface area contributed by atoms with Gasteiger partial charge in [-0.05, 0) is 30.6 Å². The molecule has 2 nitrogen and oxygen atoms in total. The number of nitrogens with two attached hydrogens (primary N) is 1. The van der Waals surface area contributed by atoms with Crippen molar-refractivity contribution in [1.82, 2.24) is 0 Å². The maximum absolute atomic E-state index is 10.9. The van der Waals surface area contributed by atoms with Crippen LogP contribution < -0.4 is 5.14 Å². The van der Waals surface area contributed by atoms with Gasteiger partial charge in [0.1, 0.15) is 0 Å². The Morgan fingerprint density at radius 1 is 1.38 bits per heavy atom. The van der Waals surface area contributed by atoms with Gasteiger partial charge in [0.25, 0.3) is 0 Å². The third kappa shape index (κ3) is 3.77. The van der Waals surface area contributed by atoms with Crippen molar-refractivity contribution < 1.29 is 4.21 Å². The molecule has 0 amide bonds. The van der Waals surface area contributed by atoms with Crippen molar-refractivity contribution in [3.05, 3.63) is 0 Å². The first-order valence-electron chi connectivity index (χ1n) is 5.22. The Bertz CT molecular complexity index is 176. The summed E-state index contributed by atoms with van der Waals surface area (Å²) in [5, 5.41) is 5.30. The fourth-order valence-corrected chi connectivity index (χ4v) is 3.04. The second-order valence-corrected chi connectivity index (χ2v) is 5.64. The third-order valence-electron chi connectivity index (χ3n) is 3.29. The summed E-state index contributed by atoms with van der Waals surface area (Å²) in [7, 11) is -1.11. The Morgan fingerprint density at radius 3 is 2.38 bits per heavy atom. The Hall–Kier alpha value is 0.110. The van der Waals surface area contributed by atoms with E-state index >= 15 is 0 Å². The molecule has 0 saturated heterocycles. The first-order valence-corrected chi connectivity index (χ1v) is 6.60. The summed E-state index contributed by atoms with van der Waals surface area (Å²) in [4.78, 5) is 0. The van der Waals surface area contributed by atoms with E-state index in [9.17, 15) is 4.21 Å². The average Bonchev–Trinajstić information content (AvgIpc) is 2.04. The Balaban J connectivity index is 2.31. The molecule has 1 saturated carbocycles. The largest absolute Gasteiger partial charge is 0.252 e. The van der Waals surface area contributed by atoms with Gasteiger partial charge in [0.15, 0.2) is 0 Å². The van der Waals surface area contributed by atoms with Gasteiger partial charge < -0.3 is 0 Å². The quantitative estimate of drug-likeness (QED) is 0.749. The zero-order chi connectivity index (χ0) is 9.84. The Labute approximate surface area is 83.9 Å². The molecule has 2 unspecified atom stereocenters. The molecule has 3 heteroatoms. The summed E-state index contributed by atoms with van der Waals surface area (Å²) in [6.07, 6.45) is 5.29. The van der Waals surface area contributed by atoms with Crippen molar-refractivity contribution in [3.8, 4) is 0 Å². The van der Waals surface area contributed by atoms with Gasteiger partial charge in [-0.15, -0.1) is 0 Å². The van der Waals surface area contributed by atoms with Gasteiger partial charge in [-0.1, -0.05) is 26.7 Å². The summed E-state index contributed by atoms with van der Waals surface area (Å²) in [5.41, 5.74) is 0. The van der Waals surface area contributed by atoms with E-state index in [1.807, 2.05) is 0 Å². The minimum atomic E-state index is -1.11. The van der Waals surface area contributed by atoms with E-state index in [-0.39, 0.29) is 0 Å². The standard InChI is InChI=1S/C10H21NOS/c1-8-3-5-10(6-4-8)9(2)7-13(11)12/h8-10H,3-7,11H2,1-2H3. The van der Waals surface area contributed by atoms with E-state index in [2.05, 4.69) is 13.8 Å². The zero-order valence-corrected chi connectivity index (χ0v) is 9.48. The summed E-state index contributed by atoms with van der Waals surface area (Å²) in [6.45, 7) is 4.51. The predicted octanol–water partition coefficient (Wildman–Crippen LogP) is 2.07. The normalized spacial score (nSPS) is 34.1. The highest BCUT2D eigenvalue weighted by molar-refractivity contribution is 7.82. The lowest BCUT2D eigenvalue weighted by Gasteiger charge is -2.30. The molecule has 0 bridgehead atoms. The Kier molecular flexibility index (Phi) is 4.39. The van der Waals surface area contributed by atoms with E-state index in [0.717, 1.165) is 11.8 Å². The summed E-state index contributed by atoms with van der Waals surface area (Å²) >= 11 is 0. The van der Waals surface area contributed by atoms with Crippen molar-refractivity contribution in [1.29, 1.82) is 0 Å². The molecule has 2 N–H and O–H groups in total. The van der Waals surface area contributed by atoms with Gasteiger partial charge in [-0.3, -0.25) is 5.14 Å². The fraction of sp³-hybridized carbons (Fsp3) is 1.00. The average molecular weight is 203 g/mol. The van der Waals surface area contributed by atoms with E-state index in [4.69, 9.17) is 5.14 Å². The maximum Gasteiger partial charge on any atom is 0.0890 e. The number of hydrogen-bond donors (Lipinski definition) is 1. The van der Waals surface area contributed by atoms with Gasteiger partial charge >= 0.3 is 0 Å². The predicted molar refractivity (Wildman–Crippen MR) is 57.5 cm³/mol. The van der Waals surface area contributed by atoms with Crippen LogP contribution in [0.1, 0.15) is 39.5 Å². The SMILES string of the molecule is CC1CCC(C(C)CS(N)=O)CC1. The van der Waals surface area contributed by atoms with Crippen LogP contribution in [0.3, 0.4) is 0 Å². The van der Waals surface area contributed by atoms with Crippen molar-refractivity contribution >= 4 is 11.0 Å². The second-order valence-electron chi connectivity index (χ2n) is 4.54. The molecule has 0 heterocycles. The van der Waals surface area contributed by atoms with Crippen LogP contribution in [0.15, 0.2) is 0 Å². The molecule has 1 aliphatic carbocycles. The lowest BCUT2D eigenvalue weighted by molar-refractivity contribution is 0.236. The fourth-order valence-electron chi connectivity index (χ4n) is 2.25. The first-order chi connectivity index (χ1) is 6.09. The van der Waals surface area contributed by atoms with E-state index in [1.54, 1.807) is 0 Å². The molecule has 1 aliphatic rings. The van der Waals surface area contributed by atoms with Crippen LogP contribution in [0.5, 0.6) is 0 Å². The van der Waals surface area contributed by atoms with E-state index in [1.165, 1.54) is 25.7 Å². The highest BCUT2D eigenvalue weighted by Crippen LogP contribution is 2.33. The van der Waals surface area contributed by atoms with Crippen LogP contribution in [0, 0.1) is 17.8 Å². The van der Waals surface area contributed by atoms with Crippen molar-refractivity contribution in [2.45, 2.75) is 39.5 Å².